The number of aryl methyl sites for hydroxylation is 1. The molecule has 2 heterocycles. The highest BCUT2D eigenvalue weighted by Gasteiger charge is 2.20. The molecule has 9 heteroatoms. The number of hydrogen-bond acceptors (Lipinski definition) is 6. The minimum Gasteiger partial charge on any atom is -0.493 e. The largest absolute Gasteiger partial charge is 0.493 e. The van der Waals surface area contributed by atoms with Crippen LogP contribution in [0.25, 0.3) is 16.9 Å². The maximum atomic E-state index is 13.2. The first-order chi connectivity index (χ1) is 15.4. The molecule has 2 aromatic carbocycles. The monoisotopic (exact) mass is 431 g/mol. The highest BCUT2D eigenvalue weighted by Crippen LogP contribution is 2.33. The maximum absolute atomic E-state index is 13.2. The Bertz CT molecular complexity index is 1330. The molecule has 162 valence electrons. The summed E-state index contributed by atoms with van der Waals surface area (Å²) in [4.78, 5) is 33.5. The molecule has 4 rings (SSSR count). The van der Waals surface area contributed by atoms with Crippen molar-refractivity contribution in [2.75, 3.05) is 19.5 Å². The Morgan fingerprint density at radius 3 is 2.38 bits per heavy atom. The highest BCUT2D eigenvalue weighted by molar-refractivity contribution is 6.05. The predicted molar refractivity (Wildman–Crippen MR) is 119 cm³/mol. The summed E-state index contributed by atoms with van der Waals surface area (Å²) >= 11 is 0. The van der Waals surface area contributed by atoms with Crippen molar-refractivity contribution in [3.05, 3.63) is 71.8 Å². The van der Waals surface area contributed by atoms with Gasteiger partial charge in [-0.1, -0.05) is 30.3 Å². The van der Waals surface area contributed by atoms with Crippen LogP contribution in [0.15, 0.2) is 54.9 Å². The van der Waals surface area contributed by atoms with E-state index in [9.17, 15) is 9.59 Å². The van der Waals surface area contributed by atoms with Gasteiger partial charge in [0.1, 0.15) is 12.0 Å². The fraction of sp³-hybridized carbons (Fsp3) is 0.130. The van der Waals surface area contributed by atoms with Crippen molar-refractivity contribution in [2.45, 2.75) is 6.92 Å². The lowest BCUT2D eigenvalue weighted by molar-refractivity contribution is 0.0993. The number of hydrogen-bond donors (Lipinski definition) is 2. The van der Waals surface area contributed by atoms with E-state index in [0.29, 0.717) is 22.9 Å². The van der Waals surface area contributed by atoms with E-state index in [-0.39, 0.29) is 17.0 Å². The number of primary amides is 1. The second-order valence-electron chi connectivity index (χ2n) is 7.02. The third-order valence-corrected chi connectivity index (χ3v) is 5.02. The lowest BCUT2D eigenvalue weighted by atomic mass is 10.1. The van der Waals surface area contributed by atoms with Crippen LogP contribution >= 0.6 is 0 Å². The number of nitrogens with two attached hydrogens (primary N) is 1. The Morgan fingerprint density at radius 1 is 1.03 bits per heavy atom. The molecule has 0 aliphatic heterocycles. The molecule has 2 amide bonds. The topological polar surface area (TPSA) is 121 Å². The molecule has 4 aromatic rings. The number of imidazole rings is 1. The number of fused-ring (bicyclic) bond motifs is 1. The van der Waals surface area contributed by atoms with Gasteiger partial charge in [0.2, 0.25) is 0 Å². The molecular weight excluding hydrogens is 410 g/mol. The van der Waals surface area contributed by atoms with Crippen molar-refractivity contribution in [2.24, 2.45) is 5.73 Å². The Kier molecular flexibility index (Phi) is 5.46. The Hall–Kier alpha value is -4.40. The fourth-order valence-corrected chi connectivity index (χ4v) is 3.39. The number of benzene rings is 2. The van der Waals surface area contributed by atoms with E-state index < -0.39 is 11.8 Å². The number of rotatable bonds is 6. The molecule has 9 nitrogen and oxygen atoms in total. The van der Waals surface area contributed by atoms with Crippen LogP contribution in [0, 0.1) is 6.92 Å². The summed E-state index contributed by atoms with van der Waals surface area (Å²) in [6.07, 6.45) is 1.46. The summed E-state index contributed by atoms with van der Waals surface area (Å²) in [5.41, 5.74) is 8.54. The first-order valence-corrected chi connectivity index (χ1v) is 9.70. The molecule has 0 bridgehead atoms. The molecule has 2 aromatic heterocycles. The summed E-state index contributed by atoms with van der Waals surface area (Å²) in [6.45, 7) is 1.84. The summed E-state index contributed by atoms with van der Waals surface area (Å²) < 4.78 is 12.3. The van der Waals surface area contributed by atoms with Crippen LogP contribution in [0.2, 0.25) is 0 Å². The smallest absolute Gasteiger partial charge is 0.274 e. The quantitative estimate of drug-likeness (QED) is 0.484. The second kappa shape index (κ2) is 8.38. The van der Waals surface area contributed by atoms with Gasteiger partial charge in [-0.3, -0.25) is 14.0 Å². The average molecular weight is 431 g/mol. The molecule has 0 saturated heterocycles. The van der Waals surface area contributed by atoms with E-state index in [4.69, 9.17) is 15.2 Å². The number of methoxy groups -OCH3 is 2. The zero-order valence-corrected chi connectivity index (χ0v) is 17.7. The van der Waals surface area contributed by atoms with Crippen LogP contribution in [0.3, 0.4) is 0 Å². The number of nitrogens with one attached hydrogen (secondary N) is 1. The molecule has 32 heavy (non-hydrogen) atoms. The van der Waals surface area contributed by atoms with Gasteiger partial charge in [-0.05, 0) is 30.2 Å². The molecule has 3 N–H and O–H groups in total. The molecule has 0 fully saturated rings. The van der Waals surface area contributed by atoms with E-state index in [1.165, 1.54) is 13.4 Å². The SMILES string of the molecule is COc1cc(C)c(NC(=O)c2cc(-c3ccccc3)n3cnc(C(N)=O)c3n2)cc1OC. The standard InChI is InChI=1S/C23H21N5O4/c1-13-9-18(31-2)19(32-3)11-15(13)27-23(30)16-10-17(14-7-5-4-6-8-14)28-12-25-20(21(24)29)22(28)26-16/h4-12H,1-3H3,(H2,24,29)(H,27,30). The highest BCUT2D eigenvalue weighted by atomic mass is 16.5. The summed E-state index contributed by atoms with van der Waals surface area (Å²) in [5.74, 6) is -0.156. The second-order valence-corrected chi connectivity index (χ2v) is 7.02. The van der Waals surface area contributed by atoms with Gasteiger partial charge in [0.15, 0.2) is 22.8 Å². The minimum atomic E-state index is -0.729. The van der Waals surface area contributed by atoms with Crippen molar-refractivity contribution >= 4 is 23.1 Å². The van der Waals surface area contributed by atoms with Gasteiger partial charge in [0, 0.05) is 11.8 Å². The van der Waals surface area contributed by atoms with Crippen LogP contribution in [-0.4, -0.2) is 40.4 Å². The van der Waals surface area contributed by atoms with Crippen molar-refractivity contribution < 1.29 is 19.1 Å². The molecule has 0 aliphatic rings. The first-order valence-electron chi connectivity index (χ1n) is 9.70. The van der Waals surface area contributed by atoms with Crippen molar-refractivity contribution in [1.82, 2.24) is 14.4 Å². The normalized spacial score (nSPS) is 10.7. The van der Waals surface area contributed by atoms with Crippen LogP contribution in [-0.2, 0) is 0 Å². The van der Waals surface area contributed by atoms with Crippen molar-refractivity contribution in [1.29, 1.82) is 0 Å². The lowest BCUT2D eigenvalue weighted by Crippen LogP contribution is -2.17. The zero-order chi connectivity index (χ0) is 22.8. The Morgan fingerprint density at radius 2 is 1.72 bits per heavy atom. The van der Waals surface area contributed by atoms with E-state index in [0.717, 1.165) is 11.1 Å². The van der Waals surface area contributed by atoms with Crippen LogP contribution in [0.5, 0.6) is 11.5 Å². The van der Waals surface area contributed by atoms with Gasteiger partial charge in [0.25, 0.3) is 11.8 Å². The maximum Gasteiger partial charge on any atom is 0.274 e. The number of ether oxygens (including phenoxy) is 2. The van der Waals surface area contributed by atoms with Crippen LogP contribution < -0.4 is 20.5 Å². The van der Waals surface area contributed by atoms with Gasteiger partial charge in [0.05, 0.1) is 19.9 Å². The number of nitrogens with zero attached hydrogens (tertiary/aromatic N) is 3. The number of aromatic nitrogens is 3. The molecule has 0 radical (unpaired) electrons. The summed E-state index contributed by atoms with van der Waals surface area (Å²) in [5, 5.41) is 2.85. The van der Waals surface area contributed by atoms with Gasteiger partial charge in [-0.15, -0.1) is 0 Å². The number of carbonyl (C=O) groups excluding carboxylic acids is 2. The minimum absolute atomic E-state index is 0.0147. The third kappa shape index (κ3) is 3.71. The lowest BCUT2D eigenvalue weighted by Gasteiger charge is -2.14. The van der Waals surface area contributed by atoms with E-state index in [1.807, 2.05) is 37.3 Å². The van der Waals surface area contributed by atoms with Crippen molar-refractivity contribution in [3.8, 4) is 22.8 Å². The number of anilines is 1. The molecule has 0 unspecified atom stereocenters. The molecule has 0 atom stereocenters. The average Bonchev–Trinajstić information content (AvgIpc) is 3.24. The van der Waals surface area contributed by atoms with Gasteiger partial charge in [-0.25, -0.2) is 9.97 Å². The summed E-state index contributed by atoms with van der Waals surface area (Å²) in [7, 11) is 3.06. The predicted octanol–water partition coefficient (Wildman–Crippen LogP) is 3.07. The molecule has 0 saturated carbocycles. The Balaban J connectivity index is 1.81. The van der Waals surface area contributed by atoms with E-state index >= 15 is 0 Å². The van der Waals surface area contributed by atoms with E-state index in [2.05, 4.69) is 15.3 Å². The van der Waals surface area contributed by atoms with Crippen LogP contribution in [0.4, 0.5) is 5.69 Å². The van der Waals surface area contributed by atoms with Crippen molar-refractivity contribution in [3.63, 3.8) is 0 Å². The Labute approximate surface area is 183 Å². The number of amides is 2. The van der Waals surface area contributed by atoms with Gasteiger partial charge >= 0.3 is 0 Å². The molecular formula is C23H21N5O4. The summed E-state index contributed by atoms with van der Waals surface area (Å²) in [6, 6.07) is 14.5. The first kappa shape index (κ1) is 20.9. The van der Waals surface area contributed by atoms with Gasteiger partial charge < -0.3 is 20.5 Å². The fourth-order valence-electron chi connectivity index (χ4n) is 3.39. The van der Waals surface area contributed by atoms with E-state index in [1.54, 1.807) is 29.7 Å². The third-order valence-electron chi connectivity index (χ3n) is 5.02. The molecule has 0 spiro atoms. The van der Waals surface area contributed by atoms with Gasteiger partial charge in [-0.2, -0.15) is 0 Å². The zero-order valence-electron chi connectivity index (χ0n) is 17.7. The molecule has 0 aliphatic carbocycles. The van der Waals surface area contributed by atoms with Crippen LogP contribution in [0.1, 0.15) is 26.5 Å². The number of carbonyl (C=O) groups is 2.